The third-order valence-electron chi connectivity index (χ3n) is 6.91. The molecule has 190 valence electrons. The molecule has 0 bridgehead atoms. The number of hydrogen-bond donors (Lipinski definition) is 1. The third-order valence-corrected chi connectivity index (χ3v) is 6.91. The molecule has 0 unspecified atom stereocenters. The number of carbonyl (C=O) groups is 2. The van der Waals surface area contributed by atoms with E-state index >= 15 is 0 Å². The van der Waals surface area contributed by atoms with Crippen LogP contribution >= 0.6 is 0 Å². The Morgan fingerprint density at radius 2 is 1.35 bits per heavy atom. The number of phenols is 1. The summed E-state index contributed by atoms with van der Waals surface area (Å²) in [6.07, 6.45) is 1.22. The van der Waals surface area contributed by atoms with Crippen molar-refractivity contribution in [2.24, 2.45) is 5.41 Å². The molecule has 37 heavy (non-hydrogen) atoms. The largest absolute Gasteiger partial charge is 0.505 e. The summed E-state index contributed by atoms with van der Waals surface area (Å²) >= 11 is 0. The first-order valence-electron chi connectivity index (χ1n) is 12.6. The number of amides is 2. The second-order valence-corrected chi connectivity index (χ2v) is 11.7. The molecule has 7 heteroatoms. The molecule has 2 heterocycles. The van der Waals surface area contributed by atoms with Crippen molar-refractivity contribution in [3.05, 3.63) is 82.9 Å². The maximum Gasteiger partial charge on any atom is 0.261 e. The number of benzene rings is 3. The van der Waals surface area contributed by atoms with E-state index in [1.54, 1.807) is 24.3 Å². The predicted octanol–water partition coefficient (Wildman–Crippen LogP) is 5.68. The number of aromatic nitrogens is 3. The van der Waals surface area contributed by atoms with Crippen LogP contribution in [-0.4, -0.2) is 43.4 Å². The summed E-state index contributed by atoms with van der Waals surface area (Å²) in [6, 6.07) is 18.4. The first-order valence-corrected chi connectivity index (χ1v) is 12.6. The van der Waals surface area contributed by atoms with Crippen molar-refractivity contribution in [3.8, 4) is 11.4 Å². The summed E-state index contributed by atoms with van der Waals surface area (Å²) < 4.78 is 0. The third kappa shape index (κ3) is 4.61. The average molecular weight is 497 g/mol. The molecule has 1 aliphatic heterocycles. The highest BCUT2D eigenvalue weighted by molar-refractivity contribution is 6.21. The van der Waals surface area contributed by atoms with Crippen LogP contribution in [0.25, 0.3) is 16.7 Å². The van der Waals surface area contributed by atoms with Crippen LogP contribution in [0.15, 0.2) is 60.7 Å². The van der Waals surface area contributed by atoms with Gasteiger partial charge in [0.1, 0.15) is 22.5 Å². The van der Waals surface area contributed by atoms with Gasteiger partial charge in [-0.2, -0.15) is 0 Å². The summed E-state index contributed by atoms with van der Waals surface area (Å²) in [5.74, 6) is -0.554. The quantitative estimate of drug-likeness (QED) is 0.347. The van der Waals surface area contributed by atoms with E-state index in [1.165, 1.54) is 9.70 Å². The van der Waals surface area contributed by atoms with Crippen LogP contribution in [-0.2, 0) is 11.8 Å². The zero-order valence-corrected chi connectivity index (χ0v) is 21.9. The van der Waals surface area contributed by atoms with Gasteiger partial charge < -0.3 is 5.11 Å². The Labute approximate surface area is 216 Å². The summed E-state index contributed by atoms with van der Waals surface area (Å²) in [5.41, 5.74) is 4.34. The number of nitrogens with zero attached hydrogens (tertiary/aromatic N) is 4. The molecule has 0 saturated heterocycles. The highest BCUT2D eigenvalue weighted by Crippen LogP contribution is 2.40. The van der Waals surface area contributed by atoms with Gasteiger partial charge >= 0.3 is 0 Å². The van der Waals surface area contributed by atoms with Crippen molar-refractivity contribution in [2.45, 2.75) is 52.9 Å². The fourth-order valence-electron chi connectivity index (χ4n) is 5.48. The van der Waals surface area contributed by atoms with Crippen LogP contribution in [0.5, 0.6) is 5.75 Å². The molecule has 2 amide bonds. The summed E-state index contributed by atoms with van der Waals surface area (Å²) in [5, 5.41) is 20.6. The summed E-state index contributed by atoms with van der Waals surface area (Å²) in [7, 11) is 0. The summed E-state index contributed by atoms with van der Waals surface area (Å²) in [4.78, 5) is 28.5. The maximum absolute atomic E-state index is 12.9. The van der Waals surface area contributed by atoms with E-state index in [2.05, 4.69) is 44.8 Å². The van der Waals surface area contributed by atoms with Gasteiger partial charge in [0, 0.05) is 6.54 Å². The minimum atomic E-state index is -0.301. The number of aromatic hydroxyl groups is 1. The molecule has 0 radical (unpaired) electrons. The SMILES string of the molecule is CC(C)(C)CC(C)(C)c1cc(CCN2C(=O)c3ccccc3C2=O)c(O)c(-n2nc3ccccc3n2)c1. The van der Waals surface area contributed by atoms with Gasteiger partial charge in [-0.15, -0.1) is 15.0 Å². The fraction of sp³-hybridized carbons (Fsp3) is 0.333. The van der Waals surface area contributed by atoms with Crippen LogP contribution in [0.1, 0.15) is 72.9 Å². The van der Waals surface area contributed by atoms with E-state index in [4.69, 9.17) is 0 Å². The zero-order chi connectivity index (χ0) is 26.5. The molecule has 1 aliphatic rings. The molecule has 0 spiro atoms. The van der Waals surface area contributed by atoms with Crippen LogP contribution in [0.4, 0.5) is 0 Å². The van der Waals surface area contributed by atoms with Crippen LogP contribution in [0, 0.1) is 5.41 Å². The molecular formula is C30H32N4O3. The lowest BCUT2D eigenvalue weighted by molar-refractivity contribution is 0.0655. The Morgan fingerprint density at radius 1 is 0.811 bits per heavy atom. The molecule has 1 N–H and O–H groups in total. The molecule has 4 aromatic rings. The van der Waals surface area contributed by atoms with E-state index in [0.29, 0.717) is 28.8 Å². The topological polar surface area (TPSA) is 88.3 Å². The molecule has 0 atom stereocenters. The standard InChI is InChI=1S/C30H32N4O3/c1-29(2,3)18-30(4,5)20-16-19(14-15-33-27(36)21-10-6-7-11-22(21)28(33)37)26(35)25(17-20)34-31-23-12-8-9-13-24(23)32-34/h6-13,16-17,35H,14-15,18H2,1-5H3. The number of fused-ring (bicyclic) bond motifs is 2. The van der Waals surface area contributed by atoms with Crippen molar-refractivity contribution >= 4 is 22.8 Å². The summed E-state index contributed by atoms with van der Waals surface area (Å²) in [6.45, 7) is 11.2. The van der Waals surface area contributed by atoms with Gasteiger partial charge in [-0.25, -0.2) is 0 Å². The lowest BCUT2D eigenvalue weighted by Gasteiger charge is -2.33. The lowest BCUT2D eigenvalue weighted by Crippen LogP contribution is -2.32. The first-order chi connectivity index (χ1) is 17.4. The van der Waals surface area contributed by atoms with Gasteiger partial charge in [-0.1, -0.05) is 65.0 Å². The van der Waals surface area contributed by atoms with Gasteiger partial charge in [0.25, 0.3) is 11.8 Å². The van der Waals surface area contributed by atoms with Gasteiger partial charge in [-0.3, -0.25) is 14.5 Å². The highest BCUT2D eigenvalue weighted by Gasteiger charge is 2.35. The Balaban J connectivity index is 1.55. The number of hydrogen-bond acceptors (Lipinski definition) is 5. The monoisotopic (exact) mass is 496 g/mol. The van der Waals surface area contributed by atoms with Crippen molar-refractivity contribution in [3.63, 3.8) is 0 Å². The molecule has 5 rings (SSSR count). The maximum atomic E-state index is 12.9. The van der Waals surface area contributed by atoms with Crippen LogP contribution < -0.4 is 0 Å². The van der Waals surface area contributed by atoms with E-state index in [-0.39, 0.29) is 34.9 Å². The molecule has 7 nitrogen and oxygen atoms in total. The second kappa shape index (κ2) is 8.83. The average Bonchev–Trinajstić information content (AvgIpc) is 3.36. The Kier molecular flexibility index (Phi) is 5.89. The molecule has 3 aromatic carbocycles. The van der Waals surface area contributed by atoms with Crippen LogP contribution in [0.3, 0.4) is 0 Å². The smallest absolute Gasteiger partial charge is 0.261 e. The number of imide groups is 1. The van der Waals surface area contributed by atoms with Gasteiger partial charge in [-0.05, 0) is 65.1 Å². The minimum absolute atomic E-state index is 0.0484. The first kappa shape index (κ1) is 24.7. The van der Waals surface area contributed by atoms with E-state index < -0.39 is 0 Å². The molecule has 1 aromatic heterocycles. The molecule has 0 fully saturated rings. The Hall–Kier alpha value is -4.00. The van der Waals surface area contributed by atoms with Gasteiger partial charge in [0.05, 0.1) is 11.1 Å². The van der Waals surface area contributed by atoms with Crippen molar-refractivity contribution in [1.82, 2.24) is 19.9 Å². The predicted molar refractivity (Wildman–Crippen MR) is 143 cm³/mol. The highest BCUT2D eigenvalue weighted by atomic mass is 16.3. The second-order valence-electron chi connectivity index (χ2n) is 11.7. The molecule has 0 saturated carbocycles. The van der Waals surface area contributed by atoms with Crippen molar-refractivity contribution < 1.29 is 14.7 Å². The zero-order valence-electron chi connectivity index (χ0n) is 21.9. The number of carbonyl (C=O) groups excluding carboxylic acids is 2. The van der Waals surface area contributed by atoms with Gasteiger partial charge in [0.15, 0.2) is 0 Å². The van der Waals surface area contributed by atoms with Crippen molar-refractivity contribution in [2.75, 3.05) is 6.54 Å². The van der Waals surface area contributed by atoms with E-state index in [9.17, 15) is 14.7 Å². The Morgan fingerprint density at radius 3 is 1.89 bits per heavy atom. The number of phenolic OH excluding ortho intramolecular Hbond substituents is 1. The number of rotatable bonds is 6. The molecular weight excluding hydrogens is 464 g/mol. The normalized spacial score (nSPS) is 14.0. The van der Waals surface area contributed by atoms with Crippen LogP contribution in [0.2, 0.25) is 0 Å². The van der Waals surface area contributed by atoms with E-state index in [1.807, 2.05) is 36.4 Å². The van der Waals surface area contributed by atoms with E-state index in [0.717, 1.165) is 23.0 Å². The van der Waals surface area contributed by atoms with Crippen molar-refractivity contribution in [1.29, 1.82) is 0 Å². The fourth-order valence-corrected chi connectivity index (χ4v) is 5.48. The molecule has 0 aliphatic carbocycles. The minimum Gasteiger partial charge on any atom is -0.505 e. The Bertz CT molecular complexity index is 1460. The van der Waals surface area contributed by atoms with Gasteiger partial charge in [0.2, 0.25) is 0 Å². The lowest BCUT2D eigenvalue weighted by atomic mass is 9.72.